The van der Waals surface area contributed by atoms with Crippen LogP contribution in [0.5, 0.6) is 0 Å². The number of hydrogen-bond acceptors (Lipinski definition) is 6. The van der Waals surface area contributed by atoms with Gasteiger partial charge in [0.1, 0.15) is 18.7 Å². The van der Waals surface area contributed by atoms with E-state index in [1.165, 1.54) is 14.0 Å². The molecule has 2 atom stereocenters. The Morgan fingerprint density at radius 3 is 2.09 bits per heavy atom. The lowest BCUT2D eigenvalue weighted by Crippen LogP contribution is -2.54. The maximum absolute atomic E-state index is 13.0. The van der Waals surface area contributed by atoms with Gasteiger partial charge >= 0.3 is 11.9 Å². The van der Waals surface area contributed by atoms with Crippen LogP contribution in [-0.4, -0.2) is 42.9 Å². The van der Waals surface area contributed by atoms with Crippen molar-refractivity contribution >= 4 is 23.8 Å². The molecule has 8 nitrogen and oxygen atoms in total. The standard InChI is InChI=1S/C24H36N2O6/c1-16(21(29)31-7)25-20(28)18(26-22(30)24(5,6)15-23(2,3)4)13-19(27)32-14-17-11-9-8-10-12-17/h8-12,16,18H,13-15H2,1-7H3,(H,25,28)(H,26,30)/t16-,18+/m0/s1. The van der Waals surface area contributed by atoms with Gasteiger partial charge in [-0.25, -0.2) is 4.79 Å². The normalized spacial score (nSPS) is 13.5. The zero-order valence-corrected chi connectivity index (χ0v) is 20.1. The number of nitrogens with one attached hydrogen (secondary N) is 2. The molecule has 32 heavy (non-hydrogen) atoms. The van der Waals surface area contributed by atoms with Crippen LogP contribution in [0, 0.1) is 10.8 Å². The van der Waals surface area contributed by atoms with Crippen molar-refractivity contribution in [2.24, 2.45) is 10.8 Å². The Kier molecular flexibility index (Phi) is 9.87. The lowest BCUT2D eigenvalue weighted by molar-refractivity contribution is -0.148. The summed E-state index contributed by atoms with van der Waals surface area (Å²) in [4.78, 5) is 49.8. The van der Waals surface area contributed by atoms with Crippen LogP contribution in [0.4, 0.5) is 0 Å². The molecule has 0 fully saturated rings. The number of amides is 2. The van der Waals surface area contributed by atoms with Crippen molar-refractivity contribution < 1.29 is 28.7 Å². The van der Waals surface area contributed by atoms with Crippen molar-refractivity contribution in [1.82, 2.24) is 10.6 Å². The van der Waals surface area contributed by atoms with Gasteiger partial charge in [-0.05, 0) is 24.3 Å². The van der Waals surface area contributed by atoms with E-state index >= 15 is 0 Å². The molecule has 0 aliphatic carbocycles. The lowest BCUT2D eigenvalue weighted by Gasteiger charge is -2.32. The van der Waals surface area contributed by atoms with Gasteiger partial charge in [-0.1, -0.05) is 65.0 Å². The second-order valence-corrected chi connectivity index (χ2v) is 9.75. The Morgan fingerprint density at radius 1 is 0.969 bits per heavy atom. The molecular weight excluding hydrogens is 412 g/mol. The number of methoxy groups -OCH3 is 1. The predicted molar refractivity (Wildman–Crippen MR) is 120 cm³/mol. The van der Waals surface area contributed by atoms with Crippen LogP contribution in [0.3, 0.4) is 0 Å². The molecule has 178 valence electrons. The second-order valence-electron chi connectivity index (χ2n) is 9.75. The van der Waals surface area contributed by atoms with E-state index in [0.717, 1.165) is 5.56 Å². The summed E-state index contributed by atoms with van der Waals surface area (Å²) in [5.41, 5.74) is -0.0952. The fraction of sp³-hybridized carbons (Fsp3) is 0.583. The molecule has 0 bridgehead atoms. The van der Waals surface area contributed by atoms with Crippen LogP contribution in [0.15, 0.2) is 30.3 Å². The monoisotopic (exact) mass is 448 g/mol. The van der Waals surface area contributed by atoms with Gasteiger partial charge in [-0.2, -0.15) is 0 Å². The van der Waals surface area contributed by atoms with Gasteiger partial charge in [0.15, 0.2) is 0 Å². The quantitative estimate of drug-likeness (QED) is 0.533. The smallest absolute Gasteiger partial charge is 0.328 e. The number of esters is 2. The molecule has 8 heteroatoms. The zero-order valence-electron chi connectivity index (χ0n) is 20.1. The number of rotatable bonds is 10. The maximum Gasteiger partial charge on any atom is 0.328 e. The number of carbonyl (C=O) groups excluding carboxylic acids is 4. The Hall–Kier alpha value is -2.90. The molecule has 1 rings (SSSR count). The highest BCUT2D eigenvalue weighted by Gasteiger charge is 2.36. The minimum absolute atomic E-state index is 0.0516. The van der Waals surface area contributed by atoms with Crippen molar-refractivity contribution in [3.8, 4) is 0 Å². The van der Waals surface area contributed by atoms with E-state index in [9.17, 15) is 19.2 Å². The van der Waals surface area contributed by atoms with Crippen molar-refractivity contribution in [1.29, 1.82) is 0 Å². The van der Waals surface area contributed by atoms with Gasteiger partial charge in [0.2, 0.25) is 11.8 Å². The molecule has 0 spiro atoms. The average Bonchev–Trinajstić information content (AvgIpc) is 2.69. The van der Waals surface area contributed by atoms with Crippen LogP contribution in [0.2, 0.25) is 0 Å². The summed E-state index contributed by atoms with van der Waals surface area (Å²) in [6.07, 6.45) is 0.196. The summed E-state index contributed by atoms with van der Waals surface area (Å²) >= 11 is 0. The fourth-order valence-corrected chi connectivity index (χ4v) is 3.48. The molecule has 0 saturated heterocycles. The van der Waals surface area contributed by atoms with Gasteiger partial charge in [0.25, 0.3) is 0 Å². The Bertz CT molecular complexity index is 798. The molecule has 1 aromatic rings. The molecule has 0 aromatic heterocycles. The molecule has 0 saturated carbocycles. The average molecular weight is 449 g/mol. The minimum Gasteiger partial charge on any atom is -0.467 e. The topological polar surface area (TPSA) is 111 Å². The van der Waals surface area contributed by atoms with Gasteiger partial charge in [-0.15, -0.1) is 0 Å². The van der Waals surface area contributed by atoms with Crippen molar-refractivity contribution in [3.05, 3.63) is 35.9 Å². The Labute approximate surface area is 190 Å². The van der Waals surface area contributed by atoms with E-state index in [0.29, 0.717) is 6.42 Å². The first-order valence-electron chi connectivity index (χ1n) is 10.6. The van der Waals surface area contributed by atoms with E-state index < -0.39 is 35.3 Å². The van der Waals surface area contributed by atoms with Gasteiger partial charge in [-0.3, -0.25) is 14.4 Å². The van der Waals surface area contributed by atoms with Crippen LogP contribution in [0.25, 0.3) is 0 Å². The first-order valence-corrected chi connectivity index (χ1v) is 10.6. The Morgan fingerprint density at radius 2 is 1.56 bits per heavy atom. The molecular formula is C24H36N2O6. The molecule has 0 aliphatic heterocycles. The summed E-state index contributed by atoms with van der Waals surface area (Å²) < 4.78 is 9.89. The predicted octanol–water partition coefficient (Wildman–Crippen LogP) is 2.74. The maximum atomic E-state index is 13.0. The van der Waals surface area contributed by atoms with Crippen LogP contribution >= 0.6 is 0 Å². The van der Waals surface area contributed by atoms with Crippen molar-refractivity contribution in [3.63, 3.8) is 0 Å². The summed E-state index contributed by atoms with van der Waals surface area (Å²) in [6.45, 7) is 11.1. The number of hydrogen-bond donors (Lipinski definition) is 2. The highest BCUT2D eigenvalue weighted by atomic mass is 16.5. The highest BCUT2D eigenvalue weighted by molar-refractivity contribution is 5.94. The first-order chi connectivity index (χ1) is 14.7. The molecule has 2 amide bonds. The second kappa shape index (κ2) is 11.6. The summed E-state index contributed by atoms with van der Waals surface area (Å²) in [5, 5.41) is 5.15. The molecule has 0 unspecified atom stereocenters. The third-order valence-electron chi connectivity index (χ3n) is 4.74. The van der Waals surface area contributed by atoms with Crippen LogP contribution in [-0.2, 0) is 35.3 Å². The Balaban J connectivity index is 2.91. The molecule has 0 aliphatic rings. The van der Waals surface area contributed by atoms with Gasteiger partial charge in [0.05, 0.1) is 13.5 Å². The van der Waals surface area contributed by atoms with Crippen molar-refractivity contribution in [2.45, 2.75) is 73.1 Å². The number of carbonyl (C=O) groups is 4. The third kappa shape index (κ3) is 9.49. The van der Waals surface area contributed by atoms with E-state index in [4.69, 9.17) is 4.74 Å². The van der Waals surface area contributed by atoms with Crippen LogP contribution < -0.4 is 10.6 Å². The fourth-order valence-electron chi connectivity index (χ4n) is 3.48. The molecule has 2 N–H and O–H groups in total. The summed E-state index contributed by atoms with van der Waals surface area (Å²) in [5.74, 6) is -2.31. The highest BCUT2D eigenvalue weighted by Crippen LogP contribution is 2.33. The molecule has 0 radical (unpaired) electrons. The van der Waals surface area contributed by atoms with E-state index in [-0.39, 0.29) is 24.3 Å². The van der Waals surface area contributed by atoms with E-state index in [1.807, 2.05) is 51.1 Å². The lowest BCUT2D eigenvalue weighted by atomic mass is 9.75. The zero-order chi connectivity index (χ0) is 24.5. The largest absolute Gasteiger partial charge is 0.467 e. The third-order valence-corrected chi connectivity index (χ3v) is 4.74. The first kappa shape index (κ1) is 27.1. The molecule has 1 aromatic carbocycles. The van der Waals surface area contributed by atoms with Crippen LogP contribution in [0.1, 0.15) is 59.9 Å². The van der Waals surface area contributed by atoms with E-state index in [1.54, 1.807) is 13.8 Å². The summed E-state index contributed by atoms with van der Waals surface area (Å²) in [6, 6.07) is 6.99. The van der Waals surface area contributed by atoms with Gasteiger partial charge in [0, 0.05) is 5.41 Å². The minimum atomic E-state index is -1.20. The SMILES string of the molecule is COC(=O)[C@H](C)NC(=O)[C@@H](CC(=O)OCc1ccccc1)NC(=O)C(C)(C)CC(C)(C)C. The van der Waals surface area contributed by atoms with Gasteiger partial charge < -0.3 is 20.1 Å². The molecule has 0 heterocycles. The number of benzene rings is 1. The van der Waals surface area contributed by atoms with E-state index in [2.05, 4.69) is 15.4 Å². The summed E-state index contributed by atoms with van der Waals surface area (Å²) in [7, 11) is 1.21. The van der Waals surface area contributed by atoms with Crippen molar-refractivity contribution in [2.75, 3.05) is 7.11 Å². The number of ether oxygens (including phenoxy) is 2.